The Morgan fingerprint density at radius 2 is 2.12 bits per heavy atom. The Labute approximate surface area is 151 Å². The van der Waals surface area contributed by atoms with E-state index >= 15 is 0 Å². The van der Waals surface area contributed by atoms with Crippen LogP contribution in [0.5, 0.6) is 17.4 Å². The van der Waals surface area contributed by atoms with Crippen molar-refractivity contribution in [2.24, 2.45) is 0 Å². The number of hydrogen-bond donors (Lipinski definition) is 2. The van der Waals surface area contributed by atoms with E-state index in [1.165, 1.54) is 20.3 Å². The zero-order valence-electron chi connectivity index (χ0n) is 14.8. The second kappa shape index (κ2) is 8.58. The van der Waals surface area contributed by atoms with Crippen molar-refractivity contribution < 1.29 is 19.0 Å². The minimum atomic E-state index is -0.324. The summed E-state index contributed by atoms with van der Waals surface area (Å²) in [5, 5.41) is 11.8. The van der Waals surface area contributed by atoms with Crippen molar-refractivity contribution in [1.82, 2.24) is 4.98 Å². The van der Waals surface area contributed by atoms with E-state index in [0.717, 1.165) is 0 Å². The first-order chi connectivity index (χ1) is 12.5. The van der Waals surface area contributed by atoms with Crippen LogP contribution in [0, 0.1) is 11.3 Å². The number of carbonyl (C=O) groups is 1. The van der Waals surface area contributed by atoms with E-state index in [4.69, 9.17) is 25.2 Å². The van der Waals surface area contributed by atoms with Crippen LogP contribution < -0.4 is 25.3 Å². The second-order valence-corrected chi connectivity index (χ2v) is 5.20. The minimum absolute atomic E-state index is 0.0475. The van der Waals surface area contributed by atoms with Crippen molar-refractivity contribution in [1.29, 1.82) is 5.26 Å². The van der Waals surface area contributed by atoms with Crippen LogP contribution >= 0.6 is 0 Å². The number of anilines is 2. The van der Waals surface area contributed by atoms with E-state index in [0.29, 0.717) is 23.7 Å². The topological polar surface area (TPSA) is 119 Å². The van der Waals surface area contributed by atoms with Crippen molar-refractivity contribution in [3.8, 4) is 23.4 Å². The Bertz CT molecular complexity index is 846. The molecule has 1 heterocycles. The number of hydrogen-bond acceptors (Lipinski definition) is 7. The van der Waals surface area contributed by atoms with Gasteiger partial charge in [0.05, 0.1) is 32.9 Å². The highest BCUT2D eigenvalue weighted by Crippen LogP contribution is 2.31. The summed E-state index contributed by atoms with van der Waals surface area (Å²) in [5.74, 6) is 1.00. The van der Waals surface area contributed by atoms with Gasteiger partial charge < -0.3 is 25.3 Å². The molecule has 1 amide bonds. The number of pyridine rings is 1. The van der Waals surface area contributed by atoms with E-state index in [2.05, 4.69) is 10.3 Å². The van der Waals surface area contributed by atoms with E-state index in [1.807, 2.05) is 6.07 Å². The summed E-state index contributed by atoms with van der Waals surface area (Å²) in [6, 6.07) is 8.65. The number of nitrogens with two attached hydrogens (primary N) is 1. The van der Waals surface area contributed by atoms with Gasteiger partial charge in [-0.2, -0.15) is 10.2 Å². The molecule has 2 rings (SSSR count). The highest BCUT2D eigenvalue weighted by molar-refractivity contribution is 5.92. The molecule has 0 saturated heterocycles. The molecular formula is C18H20N4O4. The van der Waals surface area contributed by atoms with E-state index in [-0.39, 0.29) is 35.3 Å². The fourth-order valence-corrected chi connectivity index (χ4v) is 2.41. The maximum absolute atomic E-state index is 12.4. The fourth-order valence-electron chi connectivity index (χ4n) is 2.41. The Morgan fingerprint density at radius 1 is 1.35 bits per heavy atom. The molecule has 0 aliphatic heterocycles. The number of nitrogens with zero attached hydrogens (tertiary/aromatic N) is 2. The number of nitrogens with one attached hydrogen (secondary N) is 1. The molecule has 0 atom stereocenters. The van der Waals surface area contributed by atoms with E-state index in [9.17, 15) is 4.79 Å². The molecule has 0 spiro atoms. The van der Waals surface area contributed by atoms with Crippen molar-refractivity contribution in [3.05, 3.63) is 35.4 Å². The quantitative estimate of drug-likeness (QED) is 0.780. The summed E-state index contributed by atoms with van der Waals surface area (Å²) in [6.07, 6.45) is 0.0475. The van der Waals surface area contributed by atoms with Gasteiger partial charge in [0.1, 0.15) is 17.5 Å². The molecule has 0 aliphatic carbocycles. The third-order valence-corrected chi connectivity index (χ3v) is 3.51. The lowest BCUT2D eigenvalue weighted by Gasteiger charge is -2.13. The smallest absolute Gasteiger partial charge is 0.235 e. The number of nitriles is 1. The third kappa shape index (κ3) is 4.13. The molecule has 0 radical (unpaired) electrons. The normalized spacial score (nSPS) is 9.92. The second-order valence-electron chi connectivity index (χ2n) is 5.20. The predicted molar refractivity (Wildman–Crippen MR) is 96.4 cm³/mol. The fraction of sp³-hybridized carbons (Fsp3) is 0.278. The molecule has 8 heteroatoms. The lowest BCUT2D eigenvalue weighted by atomic mass is 10.1. The molecule has 3 N–H and O–H groups in total. The summed E-state index contributed by atoms with van der Waals surface area (Å²) >= 11 is 0. The van der Waals surface area contributed by atoms with Crippen LogP contribution in [0.1, 0.15) is 18.1 Å². The van der Waals surface area contributed by atoms with Crippen LogP contribution in [-0.4, -0.2) is 31.7 Å². The summed E-state index contributed by atoms with van der Waals surface area (Å²) in [4.78, 5) is 16.5. The molecule has 0 unspecified atom stereocenters. The maximum atomic E-state index is 12.4. The van der Waals surface area contributed by atoms with Gasteiger partial charge in [0.25, 0.3) is 0 Å². The Morgan fingerprint density at radius 3 is 2.73 bits per heavy atom. The van der Waals surface area contributed by atoms with Crippen molar-refractivity contribution in [2.45, 2.75) is 13.3 Å². The Hall–Kier alpha value is -3.47. The zero-order valence-corrected chi connectivity index (χ0v) is 14.8. The predicted octanol–water partition coefficient (Wildman–Crippen LogP) is 2.13. The Kier molecular flexibility index (Phi) is 6.22. The number of para-hydroxylation sites is 1. The molecule has 1 aromatic heterocycles. The molecule has 0 aliphatic rings. The number of nitrogen functional groups attached to an aromatic ring is 1. The average molecular weight is 356 g/mol. The number of amides is 1. The first kappa shape index (κ1) is 18.9. The average Bonchev–Trinajstić information content (AvgIpc) is 2.61. The zero-order chi connectivity index (χ0) is 19.1. The largest absolute Gasteiger partial charge is 0.493 e. The molecule has 0 saturated carbocycles. The van der Waals surface area contributed by atoms with Gasteiger partial charge in [-0.05, 0) is 13.0 Å². The standard InChI is InChI=1S/C18H20N4O4/c1-4-26-18-12(10-19)13(20)9-15(22-18)21-16(23)8-11-6-5-7-14(24-2)17(11)25-3/h5-7,9H,4,8H2,1-3H3,(H3,20,21,22,23). The van der Waals surface area contributed by atoms with Crippen LogP contribution in [-0.2, 0) is 11.2 Å². The molecule has 1 aromatic carbocycles. The van der Waals surface area contributed by atoms with Gasteiger partial charge in [-0.3, -0.25) is 4.79 Å². The molecule has 0 bridgehead atoms. The summed E-state index contributed by atoms with van der Waals surface area (Å²) in [5.41, 5.74) is 6.83. The maximum Gasteiger partial charge on any atom is 0.235 e. The van der Waals surface area contributed by atoms with Gasteiger partial charge in [-0.1, -0.05) is 12.1 Å². The third-order valence-electron chi connectivity index (χ3n) is 3.51. The lowest BCUT2D eigenvalue weighted by Crippen LogP contribution is -2.17. The van der Waals surface area contributed by atoms with Crippen LogP contribution in [0.25, 0.3) is 0 Å². The highest BCUT2D eigenvalue weighted by Gasteiger charge is 2.16. The van der Waals surface area contributed by atoms with Crippen molar-refractivity contribution in [2.75, 3.05) is 31.9 Å². The lowest BCUT2D eigenvalue weighted by molar-refractivity contribution is -0.115. The van der Waals surface area contributed by atoms with Crippen molar-refractivity contribution >= 4 is 17.4 Å². The SMILES string of the molecule is CCOc1nc(NC(=O)Cc2cccc(OC)c2OC)cc(N)c1C#N. The summed E-state index contributed by atoms with van der Waals surface area (Å²) in [6.45, 7) is 2.08. The molecule has 8 nitrogen and oxygen atoms in total. The summed E-state index contributed by atoms with van der Waals surface area (Å²) < 4.78 is 15.9. The van der Waals surface area contributed by atoms with Crippen LogP contribution in [0.2, 0.25) is 0 Å². The number of ether oxygens (including phenoxy) is 3. The van der Waals surface area contributed by atoms with Gasteiger partial charge in [-0.15, -0.1) is 0 Å². The molecule has 136 valence electrons. The first-order valence-corrected chi connectivity index (χ1v) is 7.87. The molecular weight excluding hydrogens is 336 g/mol. The summed E-state index contributed by atoms with van der Waals surface area (Å²) in [7, 11) is 3.04. The number of carbonyl (C=O) groups excluding carboxylic acids is 1. The van der Waals surface area contributed by atoms with Gasteiger partial charge in [0.2, 0.25) is 11.8 Å². The highest BCUT2D eigenvalue weighted by atomic mass is 16.5. The van der Waals surface area contributed by atoms with Crippen molar-refractivity contribution in [3.63, 3.8) is 0 Å². The number of benzene rings is 1. The number of methoxy groups -OCH3 is 2. The van der Waals surface area contributed by atoms with E-state index in [1.54, 1.807) is 25.1 Å². The number of rotatable bonds is 7. The van der Waals surface area contributed by atoms with Crippen LogP contribution in [0.4, 0.5) is 11.5 Å². The van der Waals surface area contributed by atoms with Crippen LogP contribution in [0.15, 0.2) is 24.3 Å². The van der Waals surface area contributed by atoms with Gasteiger partial charge in [0.15, 0.2) is 11.5 Å². The first-order valence-electron chi connectivity index (χ1n) is 7.87. The number of aromatic nitrogens is 1. The monoisotopic (exact) mass is 356 g/mol. The molecule has 26 heavy (non-hydrogen) atoms. The van der Waals surface area contributed by atoms with Gasteiger partial charge >= 0.3 is 0 Å². The van der Waals surface area contributed by atoms with Gasteiger partial charge in [-0.25, -0.2) is 0 Å². The van der Waals surface area contributed by atoms with E-state index < -0.39 is 0 Å². The van der Waals surface area contributed by atoms with Crippen LogP contribution in [0.3, 0.4) is 0 Å². The minimum Gasteiger partial charge on any atom is -0.493 e. The molecule has 0 fully saturated rings. The van der Waals surface area contributed by atoms with Gasteiger partial charge in [0, 0.05) is 11.6 Å². The molecule has 2 aromatic rings. The Balaban J connectivity index is 2.22.